The van der Waals surface area contributed by atoms with Gasteiger partial charge in [0.2, 0.25) is 0 Å². The summed E-state index contributed by atoms with van der Waals surface area (Å²) in [5.74, 6) is 0. The first-order valence-electron chi connectivity index (χ1n) is 3.14. The molecule has 0 spiro atoms. The summed E-state index contributed by atoms with van der Waals surface area (Å²) in [4.78, 5) is 0. The second kappa shape index (κ2) is 2.47. The summed E-state index contributed by atoms with van der Waals surface area (Å²) in [6.45, 7) is 0. The summed E-state index contributed by atoms with van der Waals surface area (Å²) in [5, 5.41) is 2.32. The molecule has 0 aliphatic heterocycles. The maximum Gasteiger partial charge on any atom is 0.158 e. The summed E-state index contributed by atoms with van der Waals surface area (Å²) in [6.07, 6.45) is 0. The van der Waals surface area contributed by atoms with Gasteiger partial charge in [0.1, 0.15) is 5.58 Å². The molecule has 3 heteroatoms. The molecule has 0 N–H and O–H groups in total. The van der Waals surface area contributed by atoms with Crippen LogP contribution >= 0.6 is 24.2 Å². The minimum Gasteiger partial charge on any atom is -0.450 e. The summed E-state index contributed by atoms with van der Waals surface area (Å²) in [5.41, 5.74) is 0.819. The van der Waals surface area contributed by atoms with E-state index in [0.717, 1.165) is 11.0 Å². The van der Waals surface area contributed by atoms with E-state index in [0.29, 0.717) is 10.1 Å². The van der Waals surface area contributed by atoms with E-state index in [1.807, 2.05) is 18.2 Å². The van der Waals surface area contributed by atoms with Crippen LogP contribution in [0.25, 0.3) is 11.0 Å². The fraction of sp³-hybridized carbons (Fsp3) is 0. The predicted octanol–water partition coefficient (Wildman–Crippen LogP) is 3.37. The number of hydrogen-bond donors (Lipinski definition) is 1. The highest BCUT2D eigenvalue weighted by Crippen LogP contribution is 2.24. The van der Waals surface area contributed by atoms with Crippen LogP contribution in [-0.2, 0) is 0 Å². The first-order valence-corrected chi connectivity index (χ1v) is 3.96. The van der Waals surface area contributed by atoms with Gasteiger partial charge in [-0.2, -0.15) is 0 Å². The standard InChI is InChI=1S/C8H5ClOS/c9-6-1-2-7-5(3-6)4-8(11)10-7/h1-4,11H. The molecule has 0 aliphatic carbocycles. The molecule has 1 aromatic carbocycles. The third-order valence-electron chi connectivity index (χ3n) is 1.47. The normalized spacial score (nSPS) is 10.7. The fourth-order valence-corrected chi connectivity index (χ4v) is 1.42. The maximum absolute atomic E-state index is 5.76. The molecule has 2 aromatic rings. The summed E-state index contributed by atoms with van der Waals surface area (Å²) in [6, 6.07) is 7.31. The van der Waals surface area contributed by atoms with Gasteiger partial charge in [-0.3, -0.25) is 0 Å². The quantitative estimate of drug-likeness (QED) is 0.620. The van der Waals surface area contributed by atoms with Crippen LogP contribution in [0.4, 0.5) is 0 Å². The van der Waals surface area contributed by atoms with Crippen molar-refractivity contribution in [3.63, 3.8) is 0 Å². The Morgan fingerprint density at radius 2 is 2.09 bits per heavy atom. The summed E-state index contributed by atoms with van der Waals surface area (Å²) in [7, 11) is 0. The number of halogens is 1. The van der Waals surface area contributed by atoms with Gasteiger partial charge in [0.05, 0.1) is 0 Å². The van der Waals surface area contributed by atoms with E-state index < -0.39 is 0 Å². The first kappa shape index (κ1) is 7.07. The maximum atomic E-state index is 5.76. The molecule has 0 unspecified atom stereocenters. The summed E-state index contributed by atoms with van der Waals surface area (Å²) < 4.78 is 5.23. The molecule has 1 aromatic heterocycles. The third-order valence-corrected chi connectivity index (χ3v) is 1.92. The molecule has 11 heavy (non-hydrogen) atoms. The highest BCUT2D eigenvalue weighted by molar-refractivity contribution is 7.80. The topological polar surface area (TPSA) is 13.1 Å². The van der Waals surface area contributed by atoms with E-state index in [1.54, 1.807) is 6.07 Å². The molecule has 0 fully saturated rings. The van der Waals surface area contributed by atoms with Crippen molar-refractivity contribution < 1.29 is 4.42 Å². The zero-order chi connectivity index (χ0) is 7.84. The number of furan rings is 1. The van der Waals surface area contributed by atoms with Crippen molar-refractivity contribution in [3.8, 4) is 0 Å². The highest BCUT2D eigenvalue weighted by Gasteiger charge is 1.99. The van der Waals surface area contributed by atoms with Crippen molar-refractivity contribution in [2.45, 2.75) is 5.09 Å². The van der Waals surface area contributed by atoms with Crippen LogP contribution in [0.3, 0.4) is 0 Å². The van der Waals surface area contributed by atoms with Crippen molar-refractivity contribution in [2.24, 2.45) is 0 Å². The SMILES string of the molecule is Sc1cc2cc(Cl)ccc2o1. The van der Waals surface area contributed by atoms with Crippen molar-refractivity contribution in [1.82, 2.24) is 0 Å². The molecule has 2 rings (SSSR count). The average Bonchev–Trinajstić information content (AvgIpc) is 2.27. The lowest BCUT2D eigenvalue weighted by Gasteiger charge is -1.87. The highest BCUT2D eigenvalue weighted by atomic mass is 35.5. The van der Waals surface area contributed by atoms with Gasteiger partial charge in [-0.1, -0.05) is 11.6 Å². The number of hydrogen-bond acceptors (Lipinski definition) is 2. The van der Waals surface area contributed by atoms with Crippen molar-refractivity contribution in [3.05, 3.63) is 29.3 Å². The lowest BCUT2D eigenvalue weighted by Crippen LogP contribution is -1.62. The van der Waals surface area contributed by atoms with Crippen LogP contribution in [0.15, 0.2) is 33.8 Å². The van der Waals surface area contributed by atoms with E-state index in [2.05, 4.69) is 12.6 Å². The molecule has 0 bridgehead atoms. The van der Waals surface area contributed by atoms with Gasteiger partial charge < -0.3 is 4.42 Å². The molecule has 0 atom stereocenters. The van der Waals surface area contributed by atoms with Gasteiger partial charge in [0.15, 0.2) is 5.09 Å². The van der Waals surface area contributed by atoms with Gasteiger partial charge in [-0.05, 0) is 24.3 Å². The van der Waals surface area contributed by atoms with Crippen molar-refractivity contribution in [2.75, 3.05) is 0 Å². The zero-order valence-electron chi connectivity index (χ0n) is 5.54. The van der Waals surface area contributed by atoms with E-state index in [1.165, 1.54) is 0 Å². The van der Waals surface area contributed by atoms with Crippen molar-refractivity contribution in [1.29, 1.82) is 0 Å². The third kappa shape index (κ3) is 1.24. The van der Waals surface area contributed by atoms with Crippen molar-refractivity contribution >= 4 is 35.2 Å². The van der Waals surface area contributed by atoms with E-state index in [-0.39, 0.29) is 0 Å². The second-order valence-corrected chi connectivity index (χ2v) is 3.14. The van der Waals surface area contributed by atoms with Crippen LogP contribution in [0.1, 0.15) is 0 Å². The van der Waals surface area contributed by atoms with Crippen LogP contribution in [0, 0.1) is 0 Å². The Bertz CT molecular complexity index is 394. The predicted molar refractivity (Wildman–Crippen MR) is 48.5 cm³/mol. The first-order chi connectivity index (χ1) is 5.25. The Balaban J connectivity index is 2.82. The number of thiol groups is 1. The Labute approximate surface area is 74.4 Å². The van der Waals surface area contributed by atoms with Crippen LogP contribution in [-0.4, -0.2) is 0 Å². The van der Waals surface area contributed by atoms with Gasteiger partial charge in [-0.15, -0.1) is 12.6 Å². The average molecular weight is 185 g/mol. The monoisotopic (exact) mass is 184 g/mol. The molecule has 1 heterocycles. The van der Waals surface area contributed by atoms with Crippen LogP contribution in [0.5, 0.6) is 0 Å². The van der Waals surface area contributed by atoms with Crippen LogP contribution in [0.2, 0.25) is 5.02 Å². The minimum absolute atomic E-state index is 0.613. The lowest BCUT2D eigenvalue weighted by molar-refractivity contribution is 0.517. The Hall–Kier alpha value is -0.600. The van der Waals surface area contributed by atoms with E-state index in [4.69, 9.17) is 16.0 Å². The smallest absolute Gasteiger partial charge is 0.158 e. The minimum atomic E-state index is 0.613. The molecular weight excluding hydrogens is 180 g/mol. The molecule has 0 radical (unpaired) electrons. The number of benzene rings is 1. The Morgan fingerprint density at radius 1 is 1.27 bits per heavy atom. The lowest BCUT2D eigenvalue weighted by atomic mass is 10.3. The zero-order valence-corrected chi connectivity index (χ0v) is 7.19. The van der Waals surface area contributed by atoms with Gasteiger partial charge in [0, 0.05) is 10.4 Å². The molecule has 0 saturated heterocycles. The molecular formula is C8H5ClOS. The van der Waals surface area contributed by atoms with Crippen LogP contribution < -0.4 is 0 Å². The largest absolute Gasteiger partial charge is 0.450 e. The van der Waals surface area contributed by atoms with Gasteiger partial charge in [-0.25, -0.2) is 0 Å². The fourth-order valence-electron chi connectivity index (χ4n) is 1.00. The number of fused-ring (bicyclic) bond motifs is 1. The Kier molecular flexibility index (Phi) is 1.59. The Morgan fingerprint density at radius 3 is 2.91 bits per heavy atom. The van der Waals surface area contributed by atoms with Gasteiger partial charge >= 0.3 is 0 Å². The summed E-state index contributed by atoms with van der Waals surface area (Å²) >= 11 is 9.83. The molecule has 1 nitrogen and oxygen atoms in total. The van der Waals surface area contributed by atoms with E-state index in [9.17, 15) is 0 Å². The van der Waals surface area contributed by atoms with E-state index >= 15 is 0 Å². The van der Waals surface area contributed by atoms with Gasteiger partial charge in [0.25, 0.3) is 0 Å². The second-order valence-electron chi connectivity index (χ2n) is 2.27. The molecule has 0 amide bonds. The molecule has 0 saturated carbocycles. The molecule has 0 aliphatic rings. The number of rotatable bonds is 0. The molecule has 56 valence electrons.